The van der Waals surface area contributed by atoms with E-state index in [0.29, 0.717) is 6.54 Å². The molecule has 1 rings (SSSR count). The van der Waals surface area contributed by atoms with Crippen LogP contribution in [0, 0.1) is 0 Å². The molecule has 0 aliphatic heterocycles. The van der Waals surface area contributed by atoms with Gasteiger partial charge in [-0.05, 0) is 6.92 Å². The topological polar surface area (TPSA) is 71.5 Å². The van der Waals surface area contributed by atoms with Crippen molar-refractivity contribution in [2.45, 2.75) is 6.92 Å². The fraction of sp³-hybridized carbons (Fsp3) is 0.333. The molecule has 1 aromatic rings. The fourth-order valence-corrected chi connectivity index (χ4v) is 0.980. The molecule has 0 aliphatic carbocycles. The minimum atomic E-state index is -0.242. The monoisotopic (exact) mass is 230 g/mol. The van der Waals surface area contributed by atoms with Gasteiger partial charge in [0.15, 0.2) is 6.61 Å². The van der Waals surface area contributed by atoms with Crippen LogP contribution in [-0.4, -0.2) is 29.1 Å². The van der Waals surface area contributed by atoms with E-state index in [4.69, 9.17) is 16.3 Å². The standard InChI is InChI=1S/C9H11ClN2O3/c1-2-11-8(14)5-15-9-3-7(13)6(10)4-12-9/h3-4H,2,5H2,1H3,(H,11,14)(H,12,13). The molecule has 0 saturated carbocycles. The van der Waals surface area contributed by atoms with E-state index < -0.39 is 0 Å². The van der Waals surface area contributed by atoms with Crippen molar-refractivity contribution in [1.82, 2.24) is 10.3 Å². The number of aromatic nitrogens is 1. The summed E-state index contributed by atoms with van der Waals surface area (Å²) in [6, 6.07) is 1.25. The van der Waals surface area contributed by atoms with Crippen LogP contribution in [0.5, 0.6) is 11.6 Å². The Balaban J connectivity index is 2.51. The number of nitrogens with one attached hydrogen (secondary N) is 1. The predicted molar refractivity (Wildman–Crippen MR) is 55.1 cm³/mol. The zero-order valence-electron chi connectivity index (χ0n) is 8.16. The molecule has 15 heavy (non-hydrogen) atoms. The zero-order chi connectivity index (χ0) is 11.3. The van der Waals surface area contributed by atoms with Gasteiger partial charge in [0.05, 0.1) is 6.20 Å². The number of ether oxygens (including phenoxy) is 1. The number of nitrogens with zero attached hydrogens (tertiary/aromatic N) is 1. The van der Waals surface area contributed by atoms with Crippen LogP contribution < -0.4 is 10.1 Å². The van der Waals surface area contributed by atoms with Gasteiger partial charge in [0, 0.05) is 12.6 Å². The Morgan fingerprint density at radius 1 is 1.73 bits per heavy atom. The van der Waals surface area contributed by atoms with Gasteiger partial charge in [0.1, 0.15) is 10.8 Å². The number of halogens is 1. The average Bonchev–Trinajstić information content (AvgIpc) is 2.20. The van der Waals surface area contributed by atoms with Crippen LogP contribution in [0.25, 0.3) is 0 Å². The highest BCUT2D eigenvalue weighted by Gasteiger charge is 2.04. The number of rotatable bonds is 4. The van der Waals surface area contributed by atoms with E-state index in [1.54, 1.807) is 0 Å². The number of carbonyl (C=O) groups excluding carboxylic acids is 1. The lowest BCUT2D eigenvalue weighted by Crippen LogP contribution is -2.28. The molecule has 0 aliphatic rings. The molecule has 0 spiro atoms. The van der Waals surface area contributed by atoms with Crippen LogP contribution in [-0.2, 0) is 4.79 Å². The number of likely N-dealkylation sites (N-methyl/N-ethyl adjacent to an activating group) is 1. The summed E-state index contributed by atoms with van der Waals surface area (Å²) in [7, 11) is 0. The maximum absolute atomic E-state index is 11.0. The molecule has 1 heterocycles. The molecule has 2 N–H and O–H groups in total. The molecule has 0 fully saturated rings. The summed E-state index contributed by atoms with van der Waals surface area (Å²) in [6.45, 7) is 2.22. The van der Waals surface area contributed by atoms with E-state index in [0.717, 1.165) is 0 Å². The number of hydrogen-bond acceptors (Lipinski definition) is 4. The van der Waals surface area contributed by atoms with Crippen LogP contribution in [0.15, 0.2) is 12.3 Å². The Kier molecular flexibility index (Phi) is 4.17. The summed E-state index contributed by atoms with van der Waals surface area (Å²) in [5, 5.41) is 11.9. The second-order valence-electron chi connectivity index (χ2n) is 2.72. The Hall–Kier alpha value is -1.49. The molecule has 0 radical (unpaired) electrons. The molecule has 0 atom stereocenters. The highest BCUT2D eigenvalue weighted by Crippen LogP contribution is 2.24. The fourth-order valence-electron chi connectivity index (χ4n) is 0.876. The van der Waals surface area contributed by atoms with E-state index in [2.05, 4.69) is 10.3 Å². The largest absolute Gasteiger partial charge is 0.506 e. The van der Waals surface area contributed by atoms with E-state index in [1.165, 1.54) is 12.3 Å². The van der Waals surface area contributed by atoms with Crippen molar-refractivity contribution >= 4 is 17.5 Å². The molecule has 82 valence electrons. The Morgan fingerprint density at radius 2 is 2.47 bits per heavy atom. The first-order chi connectivity index (χ1) is 7.13. The van der Waals surface area contributed by atoms with E-state index in [-0.39, 0.29) is 29.2 Å². The lowest BCUT2D eigenvalue weighted by atomic mass is 10.4. The number of aromatic hydroxyl groups is 1. The Bertz CT molecular complexity index is 357. The van der Waals surface area contributed by atoms with Crippen LogP contribution in [0.4, 0.5) is 0 Å². The van der Waals surface area contributed by atoms with Gasteiger partial charge < -0.3 is 15.2 Å². The second kappa shape index (κ2) is 5.41. The van der Waals surface area contributed by atoms with Crippen LogP contribution in [0.2, 0.25) is 5.02 Å². The average molecular weight is 231 g/mol. The summed E-state index contributed by atoms with van der Waals surface area (Å²) in [5.41, 5.74) is 0. The lowest BCUT2D eigenvalue weighted by Gasteiger charge is -2.05. The number of pyridine rings is 1. The minimum Gasteiger partial charge on any atom is -0.506 e. The van der Waals surface area contributed by atoms with E-state index in [9.17, 15) is 9.90 Å². The van der Waals surface area contributed by atoms with Gasteiger partial charge >= 0.3 is 0 Å². The normalized spacial score (nSPS) is 9.73. The summed E-state index contributed by atoms with van der Waals surface area (Å²) in [4.78, 5) is 14.8. The van der Waals surface area contributed by atoms with Gasteiger partial charge in [0.25, 0.3) is 5.91 Å². The van der Waals surface area contributed by atoms with Gasteiger partial charge in [-0.2, -0.15) is 0 Å². The third kappa shape index (κ3) is 3.63. The molecule has 0 aromatic carbocycles. The smallest absolute Gasteiger partial charge is 0.257 e. The minimum absolute atomic E-state index is 0.127. The first-order valence-electron chi connectivity index (χ1n) is 4.37. The van der Waals surface area contributed by atoms with Crippen LogP contribution in [0.1, 0.15) is 6.92 Å². The van der Waals surface area contributed by atoms with Crippen LogP contribution in [0.3, 0.4) is 0 Å². The zero-order valence-corrected chi connectivity index (χ0v) is 8.91. The maximum atomic E-state index is 11.0. The number of amides is 1. The summed E-state index contributed by atoms with van der Waals surface area (Å²) in [5.74, 6) is -0.213. The first-order valence-corrected chi connectivity index (χ1v) is 4.75. The van der Waals surface area contributed by atoms with Crippen molar-refractivity contribution in [2.24, 2.45) is 0 Å². The number of hydrogen-bond donors (Lipinski definition) is 2. The Labute approximate surface area is 92.0 Å². The van der Waals surface area contributed by atoms with Gasteiger partial charge in [-0.3, -0.25) is 4.79 Å². The van der Waals surface area contributed by atoms with E-state index in [1.807, 2.05) is 6.92 Å². The van der Waals surface area contributed by atoms with Gasteiger partial charge in [-0.1, -0.05) is 11.6 Å². The molecular formula is C9H11ClN2O3. The Morgan fingerprint density at radius 3 is 3.07 bits per heavy atom. The van der Waals surface area contributed by atoms with Crippen molar-refractivity contribution in [1.29, 1.82) is 0 Å². The molecule has 5 nitrogen and oxygen atoms in total. The summed E-state index contributed by atoms with van der Waals surface area (Å²) in [6.07, 6.45) is 1.25. The van der Waals surface area contributed by atoms with Crippen molar-refractivity contribution in [2.75, 3.05) is 13.2 Å². The van der Waals surface area contributed by atoms with Gasteiger partial charge in [0.2, 0.25) is 5.88 Å². The molecule has 0 unspecified atom stereocenters. The lowest BCUT2D eigenvalue weighted by molar-refractivity contribution is -0.123. The highest BCUT2D eigenvalue weighted by atomic mass is 35.5. The first kappa shape index (κ1) is 11.6. The molecular weight excluding hydrogens is 220 g/mol. The molecule has 0 saturated heterocycles. The maximum Gasteiger partial charge on any atom is 0.257 e. The quantitative estimate of drug-likeness (QED) is 0.808. The molecule has 0 bridgehead atoms. The van der Waals surface area contributed by atoms with Gasteiger partial charge in [-0.25, -0.2) is 4.98 Å². The number of carbonyl (C=O) groups is 1. The molecule has 1 aromatic heterocycles. The molecule has 1 amide bonds. The highest BCUT2D eigenvalue weighted by molar-refractivity contribution is 6.31. The third-order valence-corrected chi connectivity index (χ3v) is 1.83. The summed E-state index contributed by atoms with van der Waals surface area (Å²) >= 11 is 5.55. The SMILES string of the molecule is CCNC(=O)COc1cc(O)c(Cl)cn1. The van der Waals surface area contributed by atoms with Crippen LogP contribution >= 0.6 is 11.6 Å². The molecule has 6 heteroatoms. The van der Waals surface area contributed by atoms with Crippen molar-refractivity contribution in [3.63, 3.8) is 0 Å². The second-order valence-corrected chi connectivity index (χ2v) is 3.12. The van der Waals surface area contributed by atoms with Crippen molar-refractivity contribution in [3.05, 3.63) is 17.3 Å². The predicted octanol–water partition coefficient (Wildman–Crippen LogP) is 0.955. The van der Waals surface area contributed by atoms with Gasteiger partial charge in [-0.15, -0.1) is 0 Å². The van der Waals surface area contributed by atoms with Crippen molar-refractivity contribution < 1.29 is 14.6 Å². The third-order valence-electron chi connectivity index (χ3n) is 1.54. The summed E-state index contributed by atoms with van der Waals surface area (Å²) < 4.78 is 5.01. The van der Waals surface area contributed by atoms with E-state index >= 15 is 0 Å². The van der Waals surface area contributed by atoms with Crippen molar-refractivity contribution in [3.8, 4) is 11.6 Å².